The third-order valence-electron chi connectivity index (χ3n) is 7.45. The number of hydrogen-bond acceptors (Lipinski definition) is 16. The number of esters is 2. The molecule has 0 aliphatic carbocycles. The minimum absolute atomic E-state index is 0.0600. The van der Waals surface area contributed by atoms with Gasteiger partial charge in [-0.3, -0.25) is 4.79 Å². The number of aromatic hydroxyl groups is 4. The molecule has 0 unspecified atom stereocenters. The molecular weight excluding hydrogens is 616 g/mol. The van der Waals surface area contributed by atoms with Gasteiger partial charge in [-0.1, -0.05) is 12.1 Å². The second-order valence-corrected chi connectivity index (χ2v) is 10.8. The Labute approximate surface area is 261 Å². The van der Waals surface area contributed by atoms with E-state index in [9.17, 15) is 55.5 Å². The molecule has 2 saturated heterocycles. The van der Waals surface area contributed by atoms with Crippen molar-refractivity contribution in [2.24, 2.45) is 0 Å². The third-order valence-corrected chi connectivity index (χ3v) is 7.45. The summed E-state index contributed by atoms with van der Waals surface area (Å²) in [6, 6.07) is 7.78. The van der Waals surface area contributed by atoms with Crippen LogP contribution in [0.2, 0.25) is 0 Å². The van der Waals surface area contributed by atoms with Gasteiger partial charge in [-0.25, -0.2) is 4.79 Å². The molecule has 2 heterocycles. The fourth-order valence-electron chi connectivity index (χ4n) is 4.76. The Morgan fingerprint density at radius 3 is 2.13 bits per heavy atom. The first-order valence-electron chi connectivity index (χ1n) is 14.2. The Balaban J connectivity index is 1.45. The highest BCUT2D eigenvalue weighted by atomic mass is 16.7. The van der Waals surface area contributed by atoms with Crippen LogP contribution in [-0.2, 0) is 39.7 Å². The number of carbonyl (C=O) groups is 2. The molecule has 0 aromatic heterocycles. The summed E-state index contributed by atoms with van der Waals surface area (Å²) in [5, 5.41) is 90.7. The molecule has 2 aromatic carbocycles. The lowest BCUT2D eigenvalue weighted by Gasteiger charge is -2.45. The third kappa shape index (κ3) is 8.42. The molecule has 2 aliphatic heterocycles. The minimum Gasteiger partial charge on any atom is -0.504 e. The van der Waals surface area contributed by atoms with E-state index in [0.717, 1.165) is 6.08 Å². The highest BCUT2D eigenvalue weighted by Gasteiger charge is 2.51. The standard InChI is InChI=1S/C30H36O16/c1-13-23(37)25(39)26(40)29(43-13)46-28-24(38)20(12-42-21(35)8-4-14-2-6-16(31)18(33)10-14)44-30(27(28)41)45-22(36)9-5-15-3-7-17(32)19(34)11-15/h2-4,6-8,10-11,13,20,23-34,37-41H,5,9,12H2,1H3/t13-,20+,23-,24+,25+,26+,27+,28-,29-,30-/m0/s1. The molecular formula is C30H36O16. The number of benzene rings is 2. The van der Waals surface area contributed by atoms with E-state index in [1.54, 1.807) is 0 Å². The van der Waals surface area contributed by atoms with Gasteiger partial charge in [-0.05, 0) is 54.8 Å². The van der Waals surface area contributed by atoms with Crippen molar-refractivity contribution in [2.75, 3.05) is 6.61 Å². The average Bonchev–Trinajstić information content (AvgIpc) is 3.02. The molecule has 2 fully saturated rings. The minimum atomic E-state index is -1.89. The lowest BCUT2D eigenvalue weighted by molar-refractivity contribution is -0.353. The predicted octanol–water partition coefficient (Wildman–Crippen LogP) is -1.10. The van der Waals surface area contributed by atoms with Gasteiger partial charge < -0.3 is 69.6 Å². The zero-order valence-corrected chi connectivity index (χ0v) is 24.4. The van der Waals surface area contributed by atoms with Gasteiger partial charge in [-0.2, -0.15) is 0 Å². The van der Waals surface area contributed by atoms with Gasteiger partial charge in [0.05, 0.1) is 6.10 Å². The topological polar surface area (TPSA) is 262 Å². The number of aliphatic hydroxyl groups is 5. The smallest absolute Gasteiger partial charge is 0.330 e. The molecule has 4 rings (SSSR count). The molecule has 0 radical (unpaired) electrons. The summed E-state index contributed by atoms with van der Waals surface area (Å²) in [6.07, 6.45) is -14.2. The summed E-state index contributed by atoms with van der Waals surface area (Å²) in [5.74, 6) is -3.32. The summed E-state index contributed by atoms with van der Waals surface area (Å²) in [7, 11) is 0. The molecule has 252 valence electrons. The van der Waals surface area contributed by atoms with E-state index in [4.69, 9.17) is 23.7 Å². The van der Waals surface area contributed by atoms with Crippen molar-refractivity contribution in [1.82, 2.24) is 0 Å². The average molecular weight is 653 g/mol. The lowest BCUT2D eigenvalue weighted by Crippen LogP contribution is -2.64. The summed E-state index contributed by atoms with van der Waals surface area (Å²) in [5.41, 5.74) is 0.826. The van der Waals surface area contributed by atoms with E-state index in [1.165, 1.54) is 49.4 Å². The molecule has 9 N–H and O–H groups in total. The fourth-order valence-corrected chi connectivity index (χ4v) is 4.76. The van der Waals surface area contributed by atoms with Crippen molar-refractivity contribution < 1.29 is 79.2 Å². The quantitative estimate of drug-likeness (QED) is 0.0838. The van der Waals surface area contributed by atoms with Gasteiger partial charge in [0.1, 0.15) is 49.3 Å². The van der Waals surface area contributed by atoms with E-state index in [1.807, 2.05) is 0 Å². The van der Waals surface area contributed by atoms with Gasteiger partial charge in [0.15, 0.2) is 29.3 Å². The number of aryl methyl sites for hydroxylation is 1. The summed E-state index contributed by atoms with van der Waals surface area (Å²) in [6.45, 7) is 0.741. The molecule has 0 spiro atoms. The second kappa shape index (κ2) is 15.1. The van der Waals surface area contributed by atoms with E-state index in [-0.39, 0.29) is 24.3 Å². The first-order valence-corrected chi connectivity index (χ1v) is 14.2. The van der Waals surface area contributed by atoms with Crippen LogP contribution in [0.5, 0.6) is 23.0 Å². The van der Waals surface area contributed by atoms with Crippen molar-refractivity contribution in [3.05, 3.63) is 53.6 Å². The summed E-state index contributed by atoms with van der Waals surface area (Å²) < 4.78 is 27.0. The Kier molecular flexibility index (Phi) is 11.4. The van der Waals surface area contributed by atoms with Crippen molar-refractivity contribution in [2.45, 2.75) is 81.2 Å². The van der Waals surface area contributed by atoms with Crippen LogP contribution in [-0.4, -0.2) is 126 Å². The molecule has 0 bridgehead atoms. The summed E-state index contributed by atoms with van der Waals surface area (Å²) in [4.78, 5) is 25.1. The largest absolute Gasteiger partial charge is 0.504 e. The van der Waals surface area contributed by atoms with Gasteiger partial charge in [0.25, 0.3) is 0 Å². The van der Waals surface area contributed by atoms with Crippen LogP contribution >= 0.6 is 0 Å². The second-order valence-electron chi connectivity index (χ2n) is 10.8. The molecule has 2 aromatic rings. The first kappa shape index (κ1) is 34.9. The van der Waals surface area contributed by atoms with E-state index in [2.05, 4.69) is 0 Å². The maximum atomic E-state index is 12.7. The van der Waals surface area contributed by atoms with E-state index < -0.39 is 91.5 Å². The molecule has 10 atom stereocenters. The van der Waals surface area contributed by atoms with Crippen molar-refractivity contribution in [3.63, 3.8) is 0 Å². The first-order chi connectivity index (χ1) is 21.7. The van der Waals surface area contributed by atoms with Crippen LogP contribution in [0.25, 0.3) is 6.08 Å². The number of phenols is 4. The van der Waals surface area contributed by atoms with Crippen LogP contribution in [0.1, 0.15) is 24.5 Å². The maximum absolute atomic E-state index is 12.7. The van der Waals surface area contributed by atoms with E-state index >= 15 is 0 Å². The number of ether oxygens (including phenoxy) is 5. The number of carbonyl (C=O) groups excluding carboxylic acids is 2. The highest BCUT2D eigenvalue weighted by molar-refractivity contribution is 5.87. The van der Waals surface area contributed by atoms with Gasteiger partial charge in [0, 0.05) is 12.5 Å². The lowest BCUT2D eigenvalue weighted by atomic mass is 9.97. The van der Waals surface area contributed by atoms with E-state index in [0.29, 0.717) is 11.1 Å². The Morgan fingerprint density at radius 1 is 0.783 bits per heavy atom. The molecule has 2 aliphatic rings. The number of hydrogen-bond donors (Lipinski definition) is 9. The number of rotatable bonds is 10. The van der Waals surface area contributed by atoms with Crippen LogP contribution < -0.4 is 0 Å². The molecule has 16 nitrogen and oxygen atoms in total. The Bertz CT molecular complexity index is 1400. The Morgan fingerprint density at radius 2 is 1.46 bits per heavy atom. The SMILES string of the molecule is C[C@@H]1O[C@@H](O[C@@H]2[C@@H](O)[C@H](OC(=O)CCc3ccc(O)c(O)c3)O[C@H](COC(=O)C=Cc3ccc(O)c(O)c3)[C@H]2O)[C@H](O)[C@H](O)[C@H]1O. The molecule has 16 heteroatoms. The van der Waals surface area contributed by atoms with Crippen LogP contribution in [0.15, 0.2) is 42.5 Å². The van der Waals surface area contributed by atoms with Crippen molar-refractivity contribution in [3.8, 4) is 23.0 Å². The number of aliphatic hydroxyl groups excluding tert-OH is 5. The maximum Gasteiger partial charge on any atom is 0.330 e. The van der Waals surface area contributed by atoms with Crippen LogP contribution in [0, 0.1) is 0 Å². The molecule has 0 saturated carbocycles. The molecule has 0 amide bonds. The molecule has 46 heavy (non-hydrogen) atoms. The monoisotopic (exact) mass is 652 g/mol. The van der Waals surface area contributed by atoms with Crippen LogP contribution in [0.4, 0.5) is 0 Å². The van der Waals surface area contributed by atoms with Gasteiger partial charge >= 0.3 is 11.9 Å². The Hall–Kier alpha value is -4.00. The number of phenolic OH excluding ortho intramolecular Hbond substituents is 4. The summed E-state index contributed by atoms with van der Waals surface area (Å²) >= 11 is 0. The highest BCUT2D eigenvalue weighted by Crippen LogP contribution is 2.31. The zero-order valence-electron chi connectivity index (χ0n) is 24.4. The van der Waals surface area contributed by atoms with Crippen molar-refractivity contribution >= 4 is 18.0 Å². The van der Waals surface area contributed by atoms with Gasteiger partial charge in [-0.15, -0.1) is 0 Å². The predicted molar refractivity (Wildman–Crippen MR) is 152 cm³/mol. The fraction of sp³-hybridized carbons (Fsp3) is 0.467. The normalized spacial score (nSPS) is 31.4. The van der Waals surface area contributed by atoms with Crippen LogP contribution in [0.3, 0.4) is 0 Å². The van der Waals surface area contributed by atoms with Gasteiger partial charge in [0.2, 0.25) is 6.29 Å². The van der Waals surface area contributed by atoms with Crippen molar-refractivity contribution in [1.29, 1.82) is 0 Å². The zero-order chi connectivity index (χ0) is 33.7.